The molecule has 1 aliphatic heterocycles. The van der Waals surface area contributed by atoms with Crippen molar-refractivity contribution in [1.82, 2.24) is 14.8 Å². The molecule has 88 valence electrons. The van der Waals surface area contributed by atoms with Gasteiger partial charge in [0.25, 0.3) is 0 Å². The van der Waals surface area contributed by atoms with E-state index >= 15 is 0 Å². The number of hydrogen-bond donors (Lipinski definition) is 0. The number of nitrogens with zero attached hydrogens (tertiary/aromatic N) is 4. The van der Waals surface area contributed by atoms with Crippen molar-refractivity contribution >= 4 is 21.6 Å². The van der Waals surface area contributed by atoms with Crippen molar-refractivity contribution in [2.24, 2.45) is 0 Å². The van der Waals surface area contributed by atoms with Crippen molar-refractivity contribution in [3.63, 3.8) is 0 Å². The summed E-state index contributed by atoms with van der Waals surface area (Å²) in [6.45, 7) is 2.80. The predicted octanol–water partition coefficient (Wildman–Crippen LogP) is 2.19. The van der Waals surface area contributed by atoms with E-state index in [-0.39, 0.29) is 0 Å². The number of anilines is 1. The Hall–Kier alpha value is -1.36. The fourth-order valence-corrected chi connectivity index (χ4v) is 2.68. The van der Waals surface area contributed by atoms with E-state index in [4.69, 9.17) is 0 Å². The maximum atomic E-state index is 4.15. The van der Waals surface area contributed by atoms with Crippen LogP contribution in [0.3, 0.4) is 0 Å². The lowest BCUT2D eigenvalue weighted by atomic mass is 10.1. The van der Waals surface area contributed by atoms with Crippen molar-refractivity contribution in [3.8, 4) is 0 Å². The average Bonchev–Trinajstić information content (AvgIpc) is 2.85. The number of benzene rings is 1. The Morgan fingerprint density at radius 2 is 2.12 bits per heavy atom. The minimum atomic E-state index is 0.837. The van der Waals surface area contributed by atoms with Crippen LogP contribution in [0.4, 0.5) is 5.69 Å². The quantitative estimate of drug-likeness (QED) is 0.796. The van der Waals surface area contributed by atoms with Gasteiger partial charge >= 0.3 is 0 Å². The lowest BCUT2D eigenvalue weighted by molar-refractivity contribution is 0.559. The van der Waals surface area contributed by atoms with Gasteiger partial charge in [0.1, 0.15) is 6.33 Å². The van der Waals surface area contributed by atoms with Crippen molar-refractivity contribution < 1.29 is 0 Å². The van der Waals surface area contributed by atoms with Gasteiger partial charge in [-0.05, 0) is 11.6 Å². The van der Waals surface area contributed by atoms with Crippen molar-refractivity contribution in [2.45, 2.75) is 18.4 Å². The van der Waals surface area contributed by atoms with Crippen LogP contribution in [0.15, 0.2) is 30.6 Å². The van der Waals surface area contributed by atoms with Crippen LogP contribution >= 0.6 is 15.9 Å². The summed E-state index contributed by atoms with van der Waals surface area (Å²) in [5.41, 5.74) is 2.61. The lowest BCUT2D eigenvalue weighted by Crippen LogP contribution is -2.34. The predicted molar refractivity (Wildman–Crippen MR) is 70.1 cm³/mol. The number of aromatic nitrogens is 3. The number of para-hydroxylation sites is 1. The first-order chi connectivity index (χ1) is 8.38. The second kappa shape index (κ2) is 4.49. The number of fused-ring (bicyclic) bond motifs is 1. The summed E-state index contributed by atoms with van der Waals surface area (Å²) < 4.78 is 2.12. The zero-order chi connectivity index (χ0) is 11.7. The third-order valence-electron chi connectivity index (χ3n) is 3.12. The highest BCUT2D eigenvalue weighted by Crippen LogP contribution is 2.25. The molecule has 17 heavy (non-hydrogen) atoms. The Morgan fingerprint density at radius 1 is 1.24 bits per heavy atom. The first kappa shape index (κ1) is 10.8. The van der Waals surface area contributed by atoms with Gasteiger partial charge in [-0.3, -0.25) is 0 Å². The SMILES string of the molecule is BrCc1ccccc1N1CCn2cnnc2C1. The van der Waals surface area contributed by atoms with Gasteiger partial charge < -0.3 is 9.47 Å². The molecule has 0 spiro atoms. The van der Waals surface area contributed by atoms with Crippen molar-refractivity contribution in [3.05, 3.63) is 42.0 Å². The summed E-state index contributed by atoms with van der Waals surface area (Å²) >= 11 is 3.54. The molecule has 1 aromatic carbocycles. The van der Waals surface area contributed by atoms with Crippen LogP contribution in [0.5, 0.6) is 0 Å². The molecule has 0 bridgehead atoms. The first-order valence-corrected chi connectivity index (χ1v) is 6.76. The summed E-state index contributed by atoms with van der Waals surface area (Å²) in [6.07, 6.45) is 1.81. The lowest BCUT2D eigenvalue weighted by Gasteiger charge is -2.30. The monoisotopic (exact) mass is 292 g/mol. The third kappa shape index (κ3) is 1.95. The summed E-state index contributed by atoms with van der Waals surface area (Å²) in [5.74, 6) is 1.04. The van der Waals surface area contributed by atoms with Crippen LogP contribution in [-0.2, 0) is 18.4 Å². The molecule has 2 aromatic rings. The molecular weight excluding hydrogens is 280 g/mol. The van der Waals surface area contributed by atoms with E-state index in [1.807, 2.05) is 6.33 Å². The smallest absolute Gasteiger partial charge is 0.152 e. The minimum Gasteiger partial charge on any atom is -0.362 e. The minimum absolute atomic E-state index is 0.837. The maximum Gasteiger partial charge on any atom is 0.152 e. The Bertz CT molecular complexity index is 523. The Morgan fingerprint density at radius 3 is 3.00 bits per heavy atom. The van der Waals surface area contributed by atoms with E-state index < -0.39 is 0 Å². The molecule has 0 aliphatic carbocycles. The van der Waals surface area contributed by atoms with E-state index in [0.29, 0.717) is 0 Å². The summed E-state index contributed by atoms with van der Waals surface area (Å²) in [4.78, 5) is 2.36. The molecular formula is C12H13BrN4. The number of rotatable bonds is 2. The summed E-state index contributed by atoms with van der Waals surface area (Å²) in [7, 11) is 0. The molecule has 0 saturated heterocycles. The van der Waals surface area contributed by atoms with Gasteiger partial charge in [0.15, 0.2) is 5.82 Å². The highest BCUT2D eigenvalue weighted by molar-refractivity contribution is 9.08. The van der Waals surface area contributed by atoms with E-state index in [9.17, 15) is 0 Å². The topological polar surface area (TPSA) is 34.0 Å². The molecule has 1 aromatic heterocycles. The molecule has 4 nitrogen and oxygen atoms in total. The first-order valence-electron chi connectivity index (χ1n) is 5.64. The van der Waals surface area contributed by atoms with Gasteiger partial charge in [0.05, 0.1) is 6.54 Å². The van der Waals surface area contributed by atoms with Crippen LogP contribution in [0.2, 0.25) is 0 Å². The standard InChI is InChI=1S/C12H13BrN4/c13-7-10-3-1-2-4-11(10)16-5-6-17-9-14-15-12(17)8-16/h1-4,9H,5-8H2. The Labute approximate surface area is 108 Å². The number of halogens is 1. The molecule has 0 amide bonds. The molecule has 0 atom stereocenters. The van der Waals surface area contributed by atoms with Crippen LogP contribution < -0.4 is 4.90 Å². The Kier molecular flexibility index (Phi) is 2.84. The van der Waals surface area contributed by atoms with Gasteiger partial charge in [0.2, 0.25) is 0 Å². The van der Waals surface area contributed by atoms with E-state index in [0.717, 1.165) is 30.8 Å². The largest absolute Gasteiger partial charge is 0.362 e. The van der Waals surface area contributed by atoms with Crippen LogP contribution in [0.25, 0.3) is 0 Å². The number of alkyl halides is 1. The van der Waals surface area contributed by atoms with Gasteiger partial charge in [-0.15, -0.1) is 10.2 Å². The van der Waals surface area contributed by atoms with E-state index in [1.165, 1.54) is 11.3 Å². The van der Waals surface area contributed by atoms with Gasteiger partial charge in [-0.25, -0.2) is 0 Å². The fraction of sp³-hybridized carbons (Fsp3) is 0.333. The van der Waals surface area contributed by atoms with Gasteiger partial charge in [-0.2, -0.15) is 0 Å². The highest BCUT2D eigenvalue weighted by Gasteiger charge is 2.19. The molecule has 0 fully saturated rings. The molecule has 0 unspecified atom stereocenters. The molecule has 0 saturated carbocycles. The van der Waals surface area contributed by atoms with E-state index in [2.05, 4.69) is 59.9 Å². The van der Waals surface area contributed by atoms with Crippen molar-refractivity contribution in [1.29, 1.82) is 0 Å². The fourth-order valence-electron chi connectivity index (χ4n) is 2.20. The van der Waals surface area contributed by atoms with Gasteiger partial charge in [0, 0.05) is 24.1 Å². The maximum absolute atomic E-state index is 4.15. The van der Waals surface area contributed by atoms with Crippen LogP contribution in [0.1, 0.15) is 11.4 Å². The zero-order valence-corrected chi connectivity index (χ0v) is 11.0. The molecule has 5 heteroatoms. The molecule has 3 rings (SSSR count). The van der Waals surface area contributed by atoms with Crippen LogP contribution in [0, 0.1) is 0 Å². The number of hydrogen-bond acceptors (Lipinski definition) is 3. The third-order valence-corrected chi connectivity index (χ3v) is 3.72. The second-order valence-corrected chi connectivity index (χ2v) is 4.69. The molecule has 2 heterocycles. The summed E-state index contributed by atoms with van der Waals surface area (Å²) in [6, 6.07) is 8.49. The zero-order valence-electron chi connectivity index (χ0n) is 9.38. The second-order valence-electron chi connectivity index (χ2n) is 4.12. The normalized spacial score (nSPS) is 14.8. The highest BCUT2D eigenvalue weighted by atomic mass is 79.9. The van der Waals surface area contributed by atoms with Gasteiger partial charge in [-0.1, -0.05) is 34.1 Å². The van der Waals surface area contributed by atoms with Crippen molar-refractivity contribution in [2.75, 3.05) is 11.4 Å². The van der Waals surface area contributed by atoms with Crippen LogP contribution in [-0.4, -0.2) is 21.3 Å². The molecule has 0 N–H and O–H groups in total. The Balaban J connectivity index is 1.91. The average molecular weight is 293 g/mol. The molecule has 0 radical (unpaired) electrons. The van der Waals surface area contributed by atoms with E-state index in [1.54, 1.807) is 0 Å². The molecule has 1 aliphatic rings. The summed E-state index contributed by atoms with van der Waals surface area (Å²) in [5, 5.41) is 8.98.